The van der Waals surface area contributed by atoms with E-state index in [1.807, 2.05) is 6.92 Å². The third-order valence-electron chi connectivity index (χ3n) is 3.14. The van der Waals surface area contributed by atoms with Gasteiger partial charge in [0.25, 0.3) is 0 Å². The predicted octanol–water partition coefficient (Wildman–Crippen LogP) is 0.834. The Hall–Kier alpha value is -1.30. The third-order valence-corrected chi connectivity index (χ3v) is 3.14. The monoisotopic (exact) mass is 257 g/mol. The number of hydrogen-bond donors (Lipinski definition) is 3. The summed E-state index contributed by atoms with van der Waals surface area (Å²) >= 11 is 0. The van der Waals surface area contributed by atoms with E-state index in [1.54, 1.807) is 0 Å². The molecule has 0 spiro atoms. The van der Waals surface area contributed by atoms with Gasteiger partial charge in [-0.3, -0.25) is 4.79 Å². The normalized spacial score (nSPS) is 22.5. The minimum absolute atomic E-state index is 0.0288. The van der Waals surface area contributed by atoms with Crippen LogP contribution in [0.15, 0.2) is 5.16 Å². The first-order valence-corrected chi connectivity index (χ1v) is 6.55. The van der Waals surface area contributed by atoms with Crippen molar-refractivity contribution in [3.63, 3.8) is 0 Å². The standard InChI is InChI=1S/C12H23N3O3/c1-2-5-10(11(13)15-17)12(16)14-8-9-6-3-4-7-18-9/h9-10,17H,2-8H2,1H3,(H2,13,15)(H,14,16). The topological polar surface area (TPSA) is 96.9 Å². The van der Waals surface area contributed by atoms with Crippen LogP contribution in [-0.2, 0) is 9.53 Å². The average molecular weight is 257 g/mol. The van der Waals surface area contributed by atoms with Crippen LogP contribution in [0, 0.1) is 5.92 Å². The number of nitrogens with zero attached hydrogens (tertiary/aromatic N) is 1. The number of carbonyl (C=O) groups excluding carboxylic acids is 1. The molecule has 0 aromatic rings. The lowest BCUT2D eigenvalue weighted by Gasteiger charge is -2.23. The van der Waals surface area contributed by atoms with Crippen molar-refractivity contribution in [3.8, 4) is 0 Å². The van der Waals surface area contributed by atoms with Gasteiger partial charge in [0, 0.05) is 13.2 Å². The molecule has 104 valence electrons. The molecule has 0 aliphatic carbocycles. The molecule has 1 rings (SSSR count). The summed E-state index contributed by atoms with van der Waals surface area (Å²) in [5.41, 5.74) is 5.52. The SMILES string of the molecule is CCCC(C(=O)NCC1CCCCO1)C(N)=NO. The van der Waals surface area contributed by atoms with Crippen LogP contribution in [0.4, 0.5) is 0 Å². The lowest BCUT2D eigenvalue weighted by Crippen LogP contribution is -2.42. The molecule has 1 saturated heterocycles. The summed E-state index contributed by atoms with van der Waals surface area (Å²) in [4.78, 5) is 11.9. The first kappa shape index (κ1) is 14.8. The second-order valence-corrected chi connectivity index (χ2v) is 4.60. The molecule has 2 atom stereocenters. The maximum atomic E-state index is 11.9. The highest BCUT2D eigenvalue weighted by molar-refractivity contribution is 6.02. The molecule has 1 amide bonds. The van der Waals surface area contributed by atoms with E-state index in [9.17, 15) is 4.79 Å². The lowest BCUT2D eigenvalue weighted by atomic mass is 10.0. The summed E-state index contributed by atoms with van der Waals surface area (Å²) in [5.74, 6) is -0.774. The van der Waals surface area contributed by atoms with Crippen LogP contribution in [0.25, 0.3) is 0 Å². The number of nitrogens with one attached hydrogen (secondary N) is 1. The van der Waals surface area contributed by atoms with Gasteiger partial charge in [0.05, 0.1) is 12.0 Å². The van der Waals surface area contributed by atoms with Crippen molar-refractivity contribution in [2.24, 2.45) is 16.8 Å². The molecule has 18 heavy (non-hydrogen) atoms. The summed E-state index contributed by atoms with van der Waals surface area (Å²) in [5, 5.41) is 14.4. The van der Waals surface area contributed by atoms with Crippen LogP contribution < -0.4 is 11.1 Å². The minimum Gasteiger partial charge on any atom is -0.409 e. The number of amides is 1. The van der Waals surface area contributed by atoms with Crippen molar-refractivity contribution >= 4 is 11.7 Å². The molecule has 1 heterocycles. The highest BCUT2D eigenvalue weighted by Gasteiger charge is 2.23. The van der Waals surface area contributed by atoms with Crippen LogP contribution in [0.1, 0.15) is 39.0 Å². The second-order valence-electron chi connectivity index (χ2n) is 4.60. The summed E-state index contributed by atoms with van der Waals surface area (Å²) in [6.07, 6.45) is 4.67. The fourth-order valence-electron chi connectivity index (χ4n) is 2.08. The Morgan fingerprint density at radius 3 is 2.94 bits per heavy atom. The van der Waals surface area contributed by atoms with E-state index in [2.05, 4.69) is 10.5 Å². The van der Waals surface area contributed by atoms with Crippen LogP contribution >= 0.6 is 0 Å². The Labute approximate surface area is 108 Å². The highest BCUT2D eigenvalue weighted by atomic mass is 16.5. The Kier molecular flexibility index (Phi) is 6.49. The molecular weight excluding hydrogens is 234 g/mol. The van der Waals surface area contributed by atoms with Gasteiger partial charge in [0.15, 0.2) is 5.84 Å². The van der Waals surface area contributed by atoms with Gasteiger partial charge in [-0.05, 0) is 25.7 Å². The van der Waals surface area contributed by atoms with Gasteiger partial charge in [-0.25, -0.2) is 0 Å². The molecule has 4 N–H and O–H groups in total. The van der Waals surface area contributed by atoms with Gasteiger partial charge in [0.1, 0.15) is 0 Å². The summed E-state index contributed by atoms with van der Waals surface area (Å²) < 4.78 is 5.53. The second kappa shape index (κ2) is 7.92. The number of carbonyl (C=O) groups is 1. The van der Waals surface area contributed by atoms with Crippen molar-refractivity contribution in [2.75, 3.05) is 13.2 Å². The van der Waals surface area contributed by atoms with Crippen LogP contribution in [0.3, 0.4) is 0 Å². The van der Waals surface area contributed by atoms with Gasteiger partial charge in [-0.15, -0.1) is 0 Å². The third kappa shape index (κ3) is 4.52. The van der Waals surface area contributed by atoms with Crippen LogP contribution in [0.5, 0.6) is 0 Å². The summed E-state index contributed by atoms with van der Waals surface area (Å²) in [6, 6.07) is 0. The van der Waals surface area contributed by atoms with Gasteiger partial charge in [-0.2, -0.15) is 0 Å². The van der Waals surface area contributed by atoms with Crippen molar-refractivity contribution in [1.29, 1.82) is 0 Å². The molecule has 0 bridgehead atoms. The number of hydrogen-bond acceptors (Lipinski definition) is 4. The molecular formula is C12H23N3O3. The number of ether oxygens (including phenoxy) is 1. The zero-order chi connectivity index (χ0) is 13.4. The van der Waals surface area contributed by atoms with Gasteiger partial charge in [0.2, 0.25) is 5.91 Å². The zero-order valence-corrected chi connectivity index (χ0v) is 10.9. The van der Waals surface area contributed by atoms with Gasteiger partial charge in [-0.1, -0.05) is 18.5 Å². The quantitative estimate of drug-likeness (QED) is 0.284. The van der Waals surface area contributed by atoms with E-state index in [4.69, 9.17) is 15.7 Å². The number of amidine groups is 1. The molecule has 2 unspecified atom stereocenters. The number of oxime groups is 1. The fraction of sp³-hybridized carbons (Fsp3) is 0.833. The molecule has 1 fully saturated rings. The van der Waals surface area contributed by atoms with Gasteiger partial charge < -0.3 is 21.0 Å². The van der Waals surface area contributed by atoms with Crippen molar-refractivity contribution in [1.82, 2.24) is 5.32 Å². The predicted molar refractivity (Wildman–Crippen MR) is 68.4 cm³/mol. The molecule has 0 saturated carbocycles. The fourth-order valence-corrected chi connectivity index (χ4v) is 2.08. The maximum absolute atomic E-state index is 11.9. The Bertz CT molecular complexity index is 288. The summed E-state index contributed by atoms with van der Waals surface area (Å²) in [6.45, 7) is 3.21. The first-order valence-electron chi connectivity index (χ1n) is 6.55. The molecule has 0 aromatic carbocycles. The Morgan fingerprint density at radius 2 is 2.39 bits per heavy atom. The van der Waals surface area contributed by atoms with Crippen LogP contribution in [0.2, 0.25) is 0 Å². The van der Waals surface area contributed by atoms with Crippen molar-refractivity contribution < 1.29 is 14.7 Å². The molecule has 6 nitrogen and oxygen atoms in total. The van der Waals surface area contributed by atoms with E-state index in [1.165, 1.54) is 0 Å². The van der Waals surface area contributed by atoms with E-state index in [0.717, 1.165) is 32.3 Å². The van der Waals surface area contributed by atoms with Crippen molar-refractivity contribution in [2.45, 2.75) is 45.1 Å². The minimum atomic E-state index is -0.552. The zero-order valence-electron chi connectivity index (χ0n) is 10.9. The Balaban J connectivity index is 2.40. The largest absolute Gasteiger partial charge is 0.409 e. The number of rotatable bonds is 6. The van der Waals surface area contributed by atoms with Gasteiger partial charge >= 0.3 is 0 Å². The van der Waals surface area contributed by atoms with Crippen molar-refractivity contribution in [3.05, 3.63) is 0 Å². The first-order chi connectivity index (χ1) is 8.69. The molecule has 0 aromatic heterocycles. The molecule has 0 radical (unpaired) electrons. The lowest BCUT2D eigenvalue weighted by molar-refractivity contribution is -0.124. The number of nitrogens with two attached hydrogens (primary N) is 1. The van der Waals surface area contributed by atoms with E-state index in [-0.39, 0.29) is 17.8 Å². The average Bonchev–Trinajstić information content (AvgIpc) is 2.42. The van der Waals surface area contributed by atoms with Crippen LogP contribution in [-0.4, -0.2) is 36.2 Å². The molecule has 1 aliphatic heterocycles. The highest BCUT2D eigenvalue weighted by Crippen LogP contribution is 2.12. The Morgan fingerprint density at radius 1 is 1.61 bits per heavy atom. The smallest absolute Gasteiger partial charge is 0.230 e. The van der Waals surface area contributed by atoms with E-state index >= 15 is 0 Å². The maximum Gasteiger partial charge on any atom is 0.230 e. The molecule has 6 heteroatoms. The summed E-state index contributed by atoms with van der Waals surface area (Å²) in [7, 11) is 0. The molecule has 1 aliphatic rings. The van der Waals surface area contributed by atoms with E-state index < -0.39 is 5.92 Å². The van der Waals surface area contributed by atoms with E-state index in [0.29, 0.717) is 13.0 Å².